The van der Waals surface area contributed by atoms with Gasteiger partial charge in [0.15, 0.2) is 6.10 Å². The number of pyridine rings is 1. The van der Waals surface area contributed by atoms with E-state index in [1.165, 1.54) is 0 Å². The first-order chi connectivity index (χ1) is 18.1. The van der Waals surface area contributed by atoms with Crippen LogP contribution in [-0.2, 0) is 9.53 Å². The molecule has 0 aliphatic heterocycles. The van der Waals surface area contributed by atoms with Crippen LogP contribution in [0.3, 0.4) is 0 Å². The fraction of sp³-hybridized carbons (Fsp3) is 0.226. The van der Waals surface area contributed by atoms with Crippen LogP contribution in [0.5, 0.6) is 5.75 Å². The van der Waals surface area contributed by atoms with Gasteiger partial charge >= 0.3 is 5.97 Å². The minimum absolute atomic E-state index is 0.327. The average molecular weight is 515 g/mol. The number of nitrogens with one attached hydrogen (secondary N) is 1. The molecule has 0 bridgehead atoms. The number of ether oxygens (including phenoxy) is 2. The summed E-state index contributed by atoms with van der Waals surface area (Å²) in [7, 11) is 0. The number of benzene rings is 3. The van der Waals surface area contributed by atoms with E-state index in [1.54, 1.807) is 6.92 Å². The van der Waals surface area contributed by atoms with Crippen molar-refractivity contribution < 1.29 is 14.3 Å². The Balaban J connectivity index is 1.50. The second kappa shape index (κ2) is 12.9. The summed E-state index contributed by atoms with van der Waals surface area (Å²) >= 11 is 6.12. The number of aromatic nitrogens is 1. The molecule has 0 aliphatic rings. The molecular formula is C31H31ClN2O3. The molecule has 1 aromatic heterocycles. The standard InChI is InChI=1S/C31H31ClN2O3/c1-3-5-12-30(31(35)36-4-2)37-29-13-7-6-11-27(29)34-26-10-8-9-22(20-26)14-18-25-19-16-23-15-17-24(32)21-28(23)33-25/h6-11,13-21,30,34H,3-5,12H2,1-2H3/b18-14+. The normalized spacial score (nSPS) is 12.0. The summed E-state index contributed by atoms with van der Waals surface area (Å²) < 4.78 is 11.4. The van der Waals surface area contributed by atoms with Crippen molar-refractivity contribution in [2.24, 2.45) is 0 Å². The lowest BCUT2D eigenvalue weighted by Gasteiger charge is -2.20. The summed E-state index contributed by atoms with van der Waals surface area (Å²) in [4.78, 5) is 17.1. The van der Waals surface area contributed by atoms with Gasteiger partial charge in [-0.05, 0) is 73.9 Å². The van der Waals surface area contributed by atoms with Crippen LogP contribution >= 0.6 is 11.6 Å². The molecule has 0 saturated heterocycles. The molecule has 37 heavy (non-hydrogen) atoms. The van der Waals surface area contributed by atoms with Gasteiger partial charge < -0.3 is 14.8 Å². The van der Waals surface area contributed by atoms with E-state index < -0.39 is 6.10 Å². The topological polar surface area (TPSA) is 60.5 Å². The molecule has 1 heterocycles. The second-order valence-corrected chi connectivity index (χ2v) is 9.09. The van der Waals surface area contributed by atoms with Crippen molar-refractivity contribution >= 4 is 52.0 Å². The first-order valence-corrected chi connectivity index (χ1v) is 13.0. The van der Waals surface area contributed by atoms with Gasteiger partial charge in [0.2, 0.25) is 0 Å². The van der Waals surface area contributed by atoms with E-state index in [-0.39, 0.29) is 5.97 Å². The number of rotatable bonds is 11. The maximum atomic E-state index is 12.5. The Morgan fingerprint density at radius 3 is 2.68 bits per heavy atom. The summed E-state index contributed by atoms with van der Waals surface area (Å²) in [6.07, 6.45) is 5.83. The molecule has 0 fully saturated rings. The molecule has 5 nitrogen and oxygen atoms in total. The van der Waals surface area contributed by atoms with E-state index in [0.717, 1.165) is 46.4 Å². The molecule has 1 atom stereocenters. The predicted octanol–water partition coefficient (Wildman–Crippen LogP) is 8.30. The Kier molecular flexibility index (Phi) is 9.17. The summed E-state index contributed by atoms with van der Waals surface area (Å²) in [5.41, 5.74) is 4.41. The van der Waals surface area contributed by atoms with Crippen molar-refractivity contribution in [1.82, 2.24) is 4.98 Å². The summed E-state index contributed by atoms with van der Waals surface area (Å²) in [6.45, 7) is 4.22. The van der Waals surface area contributed by atoms with E-state index in [1.807, 2.05) is 91.0 Å². The zero-order chi connectivity index (χ0) is 26.0. The molecule has 3 aromatic carbocycles. The summed E-state index contributed by atoms with van der Waals surface area (Å²) in [5, 5.41) is 5.15. The number of para-hydroxylation sites is 2. The Labute approximate surface area is 223 Å². The number of carbonyl (C=O) groups excluding carboxylic acids is 1. The molecule has 0 amide bonds. The lowest BCUT2D eigenvalue weighted by Crippen LogP contribution is -2.29. The Bertz CT molecular complexity index is 1390. The lowest BCUT2D eigenvalue weighted by molar-refractivity contribution is -0.151. The highest BCUT2D eigenvalue weighted by atomic mass is 35.5. The van der Waals surface area contributed by atoms with Crippen LogP contribution in [0, 0.1) is 0 Å². The summed E-state index contributed by atoms with van der Waals surface area (Å²) in [6, 6.07) is 25.4. The molecule has 4 aromatic rings. The molecular weight excluding hydrogens is 484 g/mol. The van der Waals surface area contributed by atoms with Crippen LogP contribution in [0.2, 0.25) is 5.02 Å². The van der Waals surface area contributed by atoms with Crippen LogP contribution in [0.25, 0.3) is 23.1 Å². The smallest absolute Gasteiger partial charge is 0.347 e. The molecule has 1 unspecified atom stereocenters. The van der Waals surface area contributed by atoms with E-state index in [9.17, 15) is 4.79 Å². The Morgan fingerprint density at radius 2 is 1.84 bits per heavy atom. The number of fused-ring (bicyclic) bond motifs is 1. The third kappa shape index (κ3) is 7.34. The minimum Gasteiger partial charge on any atom is -0.477 e. The largest absolute Gasteiger partial charge is 0.477 e. The fourth-order valence-corrected chi connectivity index (χ4v) is 4.10. The van der Waals surface area contributed by atoms with Gasteiger partial charge in [0.1, 0.15) is 5.75 Å². The maximum Gasteiger partial charge on any atom is 0.347 e. The zero-order valence-electron chi connectivity index (χ0n) is 21.1. The van der Waals surface area contributed by atoms with Crippen molar-refractivity contribution in [3.05, 3.63) is 95.1 Å². The van der Waals surface area contributed by atoms with E-state index in [0.29, 0.717) is 23.8 Å². The molecule has 190 valence electrons. The number of hydrogen-bond acceptors (Lipinski definition) is 5. The van der Waals surface area contributed by atoms with Gasteiger partial charge in [-0.2, -0.15) is 0 Å². The van der Waals surface area contributed by atoms with Gasteiger partial charge in [0.05, 0.1) is 23.5 Å². The first-order valence-electron chi connectivity index (χ1n) is 12.6. The molecule has 6 heteroatoms. The Hall–Kier alpha value is -3.83. The van der Waals surface area contributed by atoms with Gasteiger partial charge in [0, 0.05) is 16.1 Å². The molecule has 4 rings (SSSR count). The number of anilines is 2. The lowest BCUT2D eigenvalue weighted by atomic mass is 10.1. The fourth-order valence-electron chi connectivity index (χ4n) is 3.93. The van der Waals surface area contributed by atoms with Crippen LogP contribution in [0.15, 0.2) is 78.9 Å². The van der Waals surface area contributed by atoms with Crippen molar-refractivity contribution in [2.45, 2.75) is 39.2 Å². The predicted molar refractivity (Wildman–Crippen MR) is 152 cm³/mol. The number of hydrogen-bond donors (Lipinski definition) is 1. The first kappa shape index (κ1) is 26.2. The maximum absolute atomic E-state index is 12.5. The van der Waals surface area contributed by atoms with Crippen molar-refractivity contribution in [3.63, 3.8) is 0 Å². The SMILES string of the molecule is CCCCC(Oc1ccccc1Nc1cccc(/C=C/c2ccc3ccc(Cl)cc3n2)c1)C(=O)OCC. The van der Waals surface area contributed by atoms with Crippen molar-refractivity contribution in [2.75, 3.05) is 11.9 Å². The molecule has 1 N–H and O–H groups in total. The highest BCUT2D eigenvalue weighted by molar-refractivity contribution is 6.31. The Morgan fingerprint density at radius 1 is 1.00 bits per heavy atom. The van der Waals surface area contributed by atoms with Crippen LogP contribution in [0.4, 0.5) is 11.4 Å². The molecule has 0 radical (unpaired) electrons. The van der Waals surface area contributed by atoms with Crippen molar-refractivity contribution in [1.29, 1.82) is 0 Å². The molecule has 0 aliphatic carbocycles. The molecule has 0 saturated carbocycles. The van der Waals surface area contributed by atoms with Crippen LogP contribution < -0.4 is 10.1 Å². The zero-order valence-corrected chi connectivity index (χ0v) is 21.9. The highest BCUT2D eigenvalue weighted by Gasteiger charge is 2.22. The van der Waals surface area contributed by atoms with Crippen LogP contribution in [0.1, 0.15) is 44.4 Å². The minimum atomic E-state index is -0.638. The second-order valence-electron chi connectivity index (χ2n) is 8.65. The van der Waals surface area contributed by atoms with E-state index in [2.05, 4.69) is 17.2 Å². The van der Waals surface area contributed by atoms with E-state index in [4.69, 9.17) is 21.1 Å². The number of esters is 1. The third-order valence-electron chi connectivity index (χ3n) is 5.81. The van der Waals surface area contributed by atoms with Gasteiger partial charge in [-0.25, -0.2) is 9.78 Å². The third-order valence-corrected chi connectivity index (χ3v) is 6.05. The highest BCUT2D eigenvalue weighted by Crippen LogP contribution is 2.30. The van der Waals surface area contributed by atoms with Gasteiger partial charge in [-0.1, -0.05) is 67.4 Å². The quantitative estimate of drug-likeness (QED) is 0.204. The summed E-state index contributed by atoms with van der Waals surface area (Å²) in [5.74, 6) is 0.277. The van der Waals surface area contributed by atoms with Crippen LogP contribution in [-0.4, -0.2) is 23.7 Å². The van der Waals surface area contributed by atoms with Gasteiger partial charge in [0.25, 0.3) is 0 Å². The average Bonchev–Trinajstić information content (AvgIpc) is 2.91. The van der Waals surface area contributed by atoms with Crippen molar-refractivity contribution in [3.8, 4) is 5.75 Å². The number of unbranched alkanes of at least 4 members (excludes halogenated alkanes) is 1. The van der Waals surface area contributed by atoms with E-state index >= 15 is 0 Å². The number of nitrogens with zero attached hydrogens (tertiary/aromatic N) is 1. The molecule has 0 spiro atoms. The number of carbonyl (C=O) groups is 1. The monoisotopic (exact) mass is 514 g/mol. The van der Waals surface area contributed by atoms with Gasteiger partial charge in [-0.15, -0.1) is 0 Å². The number of halogens is 1. The van der Waals surface area contributed by atoms with Gasteiger partial charge in [-0.3, -0.25) is 0 Å².